The molecule has 1 aromatic carbocycles. The van der Waals surface area contributed by atoms with E-state index in [1.165, 1.54) is 13.0 Å². The van der Waals surface area contributed by atoms with Gasteiger partial charge in [-0.15, -0.1) is 0 Å². The van der Waals surface area contributed by atoms with Gasteiger partial charge in [0.2, 0.25) is 0 Å². The van der Waals surface area contributed by atoms with Gasteiger partial charge in [0.15, 0.2) is 11.4 Å². The molecule has 7 heteroatoms. The molecule has 0 spiro atoms. The van der Waals surface area contributed by atoms with Crippen molar-refractivity contribution in [3.05, 3.63) is 39.3 Å². The normalized spacial score (nSPS) is 15.4. The van der Waals surface area contributed by atoms with Gasteiger partial charge in [0.1, 0.15) is 28.8 Å². The molecule has 0 aliphatic carbocycles. The predicted molar refractivity (Wildman–Crippen MR) is 112 cm³/mol. The summed E-state index contributed by atoms with van der Waals surface area (Å²) in [4.78, 5) is 36.9. The molecule has 0 saturated heterocycles. The number of hydrogen-bond donors (Lipinski definition) is 1. The number of ether oxygens (including phenoxy) is 2. The number of hydrogen-bond acceptors (Lipinski definition) is 7. The number of rotatable bonds is 6. The first-order valence-electron chi connectivity index (χ1n) is 10.0. The minimum Gasteiger partial charge on any atom is -0.506 e. The lowest BCUT2D eigenvalue weighted by Crippen LogP contribution is -2.29. The van der Waals surface area contributed by atoms with E-state index in [0.29, 0.717) is 24.0 Å². The van der Waals surface area contributed by atoms with E-state index in [-0.39, 0.29) is 40.2 Å². The van der Waals surface area contributed by atoms with Crippen molar-refractivity contribution < 1.29 is 28.6 Å². The van der Waals surface area contributed by atoms with Crippen LogP contribution in [0.3, 0.4) is 0 Å². The van der Waals surface area contributed by atoms with Gasteiger partial charge < -0.3 is 19.0 Å². The van der Waals surface area contributed by atoms with E-state index in [1.807, 2.05) is 20.8 Å². The number of fused-ring (bicyclic) bond motifs is 3. The van der Waals surface area contributed by atoms with Gasteiger partial charge in [-0.2, -0.15) is 0 Å². The number of phenolic OH excluding ortho intramolecular Hbond substituents is 1. The van der Waals surface area contributed by atoms with Gasteiger partial charge in [-0.05, 0) is 38.8 Å². The van der Waals surface area contributed by atoms with Crippen molar-refractivity contribution in [2.75, 3.05) is 0 Å². The van der Waals surface area contributed by atoms with Crippen molar-refractivity contribution in [3.8, 4) is 11.5 Å². The molecule has 30 heavy (non-hydrogen) atoms. The maximum atomic E-state index is 12.9. The Kier molecular flexibility index (Phi) is 5.74. The summed E-state index contributed by atoms with van der Waals surface area (Å²) >= 11 is 0. The Morgan fingerprint density at radius 2 is 1.97 bits per heavy atom. The molecule has 160 valence electrons. The molecule has 1 aromatic heterocycles. The number of ketones is 1. The van der Waals surface area contributed by atoms with Gasteiger partial charge >= 0.3 is 11.6 Å². The lowest BCUT2D eigenvalue weighted by molar-refractivity contribution is -0.146. The second-order valence-corrected chi connectivity index (χ2v) is 7.91. The summed E-state index contributed by atoms with van der Waals surface area (Å²) in [7, 11) is 0. The Morgan fingerprint density at radius 3 is 2.57 bits per heavy atom. The molecule has 1 N–H and O–H groups in total. The summed E-state index contributed by atoms with van der Waals surface area (Å²) in [5, 5.41) is 11.4. The highest BCUT2D eigenvalue weighted by Crippen LogP contribution is 2.47. The smallest absolute Gasteiger partial charge is 0.336 e. The summed E-state index contributed by atoms with van der Waals surface area (Å²) in [5.74, 6) is -0.950. The first kappa shape index (κ1) is 21.6. The summed E-state index contributed by atoms with van der Waals surface area (Å²) in [6.45, 7) is 8.57. The van der Waals surface area contributed by atoms with Crippen molar-refractivity contribution in [1.82, 2.24) is 0 Å². The van der Waals surface area contributed by atoms with Crippen LogP contribution in [-0.4, -0.2) is 22.5 Å². The highest BCUT2D eigenvalue weighted by molar-refractivity contribution is 6.10. The fourth-order valence-electron chi connectivity index (χ4n) is 3.69. The average Bonchev–Trinajstić information content (AvgIpc) is 2.64. The van der Waals surface area contributed by atoms with Crippen LogP contribution in [0.25, 0.3) is 17.0 Å². The summed E-state index contributed by atoms with van der Waals surface area (Å²) < 4.78 is 16.8. The second kappa shape index (κ2) is 7.97. The van der Waals surface area contributed by atoms with Crippen LogP contribution in [0.2, 0.25) is 0 Å². The van der Waals surface area contributed by atoms with E-state index < -0.39 is 23.3 Å². The largest absolute Gasteiger partial charge is 0.506 e. The molecule has 2 aromatic rings. The Hall–Kier alpha value is -3.09. The van der Waals surface area contributed by atoms with Crippen LogP contribution in [0.1, 0.15) is 81.5 Å². The average molecular weight is 414 g/mol. The van der Waals surface area contributed by atoms with Crippen LogP contribution in [0.15, 0.2) is 21.4 Å². The number of esters is 1. The van der Waals surface area contributed by atoms with E-state index in [0.717, 1.165) is 0 Å². The predicted octanol–water partition coefficient (Wildman–Crippen LogP) is 4.68. The van der Waals surface area contributed by atoms with Gasteiger partial charge in [-0.3, -0.25) is 9.59 Å². The summed E-state index contributed by atoms with van der Waals surface area (Å²) in [6, 6.07) is 1.19. The number of benzene rings is 1. The molecule has 0 radical (unpaired) electrons. The molecule has 0 fully saturated rings. The molecule has 0 amide bonds. The highest BCUT2D eigenvalue weighted by Gasteiger charge is 2.34. The maximum absolute atomic E-state index is 12.9. The first-order valence-corrected chi connectivity index (χ1v) is 10.0. The zero-order valence-electron chi connectivity index (χ0n) is 17.8. The fourth-order valence-corrected chi connectivity index (χ4v) is 3.69. The molecular formula is C23H26O7. The number of phenols is 1. The Labute approximate surface area is 174 Å². The van der Waals surface area contributed by atoms with Crippen LogP contribution in [0.5, 0.6) is 11.5 Å². The second-order valence-electron chi connectivity index (χ2n) is 7.91. The number of carbonyl (C=O) groups excluding carboxylic acids is 2. The summed E-state index contributed by atoms with van der Waals surface area (Å²) in [6.07, 6.45) is 3.90. The molecule has 1 aliphatic rings. The van der Waals surface area contributed by atoms with Crippen LogP contribution in [0, 0.1) is 0 Å². The standard InChI is InChI=1S/C23H26O7/c1-6-8-15(25)19-20(27)18-14(16(7-2)28-12(3)24)11-17(26)29-21(18)13-9-10-23(4,5)30-22(13)19/h9-11,16,27H,6-8H2,1-5H3/t16-/m0/s1. The van der Waals surface area contributed by atoms with Crippen molar-refractivity contribution in [2.24, 2.45) is 0 Å². The molecule has 1 aliphatic heterocycles. The third-order valence-electron chi connectivity index (χ3n) is 4.98. The molecule has 2 heterocycles. The van der Waals surface area contributed by atoms with Crippen LogP contribution in [0.4, 0.5) is 0 Å². The van der Waals surface area contributed by atoms with E-state index in [4.69, 9.17) is 13.9 Å². The topological polar surface area (TPSA) is 103 Å². The van der Waals surface area contributed by atoms with E-state index >= 15 is 0 Å². The Balaban J connectivity index is 2.45. The minimum absolute atomic E-state index is 0.0459. The lowest BCUT2D eigenvalue weighted by Gasteiger charge is -2.30. The Bertz CT molecular complexity index is 1100. The van der Waals surface area contributed by atoms with Gasteiger partial charge in [-0.25, -0.2) is 4.79 Å². The highest BCUT2D eigenvalue weighted by atomic mass is 16.5. The third-order valence-corrected chi connectivity index (χ3v) is 4.98. The van der Waals surface area contributed by atoms with Gasteiger partial charge in [0.05, 0.1) is 10.9 Å². The first-order chi connectivity index (χ1) is 14.1. The van der Waals surface area contributed by atoms with Gasteiger partial charge in [0, 0.05) is 25.0 Å². The molecular weight excluding hydrogens is 388 g/mol. The van der Waals surface area contributed by atoms with Crippen LogP contribution < -0.4 is 10.4 Å². The lowest BCUT2D eigenvalue weighted by atomic mass is 9.91. The molecule has 3 rings (SSSR count). The Morgan fingerprint density at radius 1 is 1.27 bits per heavy atom. The zero-order valence-corrected chi connectivity index (χ0v) is 17.8. The van der Waals surface area contributed by atoms with E-state index in [9.17, 15) is 19.5 Å². The third kappa shape index (κ3) is 3.84. The maximum Gasteiger partial charge on any atom is 0.336 e. The van der Waals surface area contributed by atoms with Crippen LogP contribution >= 0.6 is 0 Å². The molecule has 7 nitrogen and oxygen atoms in total. The monoisotopic (exact) mass is 414 g/mol. The van der Waals surface area contributed by atoms with Gasteiger partial charge in [0.25, 0.3) is 0 Å². The van der Waals surface area contributed by atoms with Gasteiger partial charge in [-0.1, -0.05) is 13.8 Å². The van der Waals surface area contributed by atoms with Crippen molar-refractivity contribution in [3.63, 3.8) is 0 Å². The van der Waals surface area contributed by atoms with Crippen molar-refractivity contribution in [1.29, 1.82) is 0 Å². The number of aromatic hydroxyl groups is 1. The molecule has 0 unspecified atom stereocenters. The van der Waals surface area contributed by atoms with Crippen molar-refractivity contribution >= 4 is 28.8 Å². The molecule has 0 bridgehead atoms. The number of Topliss-reactive ketones (excluding diaryl/α,β-unsaturated/α-hetero) is 1. The van der Waals surface area contributed by atoms with E-state index in [1.54, 1.807) is 19.1 Å². The molecule has 1 atom stereocenters. The van der Waals surface area contributed by atoms with Crippen molar-refractivity contribution in [2.45, 2.75) is 65.6 Å². The molecule has 0 saturated carbocycles. The van der Waals surface area contributed by atoms with Crippen LogP contribution in [-0.2, 0) is 9.53 Å². The zero-order chi connectivity index (χ0) is 22.2. The fraction of sp³-hybridized carbons (Fsp3) is 0.435. The van der Waals surface area contributed by atoms with E-state index in [2.05, 4.69) is 0 Å². The minimum atomic E-state index is -0.780. The number of carbonyl (C=O) groups is 2. The summed E-state index contributed by atoms with van der Waals surface area (Å²) in [5.41, 5.74) is -0.535. The quantitative estimate of drug-likeness (QED) is 0.416. The SMILES string of the molecule is CCCC(=O)c1c2c(c3oc(=O)cc([C@H](CC)OC(C)=O)c3c1O)C=CC(C)(C)O2.